The normalized spacial score (nSPS) is 19.0. The Morgan fingerprint density at radius 1 is 1.14 bits per heavy atom. The predicted octanol–water partition coefficient (Wildman–Crippen LogP) is 5.07. The summed E-state index contributed by atoms with van der Waals surface area (Å²) < 4.78 is 53.0. The average molecular weight is 488 g/mol. The molecule has 0 bridgehead atoms. The highest BCUT2D eigenvalue weighted by molar-refractivity contribution is 6.00. The Balaban J connectivity index is 1.62. The van der Waals surface area contributed by atoms with Crippen LogP contribution in [-0.2, 0) is 6.18 Å². The van der Waals surface area contributed by atoms with Crippen molar-refractivity contribution in [2.75, 3.05) is 18.5 Å². The number of aromatic nitrogens is 3. The minimum absolute atomic E-state index is 0.165. The molecule has 3 atom stereocenters. The van der Waals surface area contributed by atoms with Crippen LogP contribution in [0.15, 0.2) is 55.0 Å². The molecule has 4 rings (SSSR count). The zero-order chi connectivity index (χ0) is 25.3. The Kier molecular flexibility index (Phi) is 6.73. The second kappa shape index (κ2) is 9.59. The summed E-state index contributed by atoms with van der Waals surface area (Å²) in [6.07, 6.45) is 0.122. The smallest absolute Gasteiger partial charge is 0.355 e. The molecule has 1 aliphatic rings. The summed E-state index contributed by atoms with van der Waals surface area (Å²) >= 11 is 0. The van der Waals surface area contributed by atoms with Crippen LogP contribution in [0.5, 0.6) is 0 Å². The Bertz CT molecular complexity index is 1190. The van der Waals surface area contributed by atoms with Crippen molar-refractivity contribution in [2.45, 2.75) is 38.5 Å². The standard InChI is InChI=1S/C25H25F4N5O/c1-15-11-21(16(2)33(3)22-8-5-17(13-32-22)25(27,28)29)34(14-15)24(35)20-12-18(26)6-7-19(20)23-30-9-4-10-31-23/h4-10,12-13,15-16,21H,11,14H2,1-3H3. The number of anilines is 1. The van der Waals surface area contributed by atoms with Crippen molar-refractivity contribution >= 4 is 11.7 Å². The van der Waals surface area contributed by atoms with Crippen molar-refractivity contribution in [1.82, 2.24) is 19.9 Å². The van der Waals surface area contributed by atoms with Gasteiger partial charge in [0.15, 0.2) is 5.82 Å². The lowest BCUT2D eigenvalue weighted by atomic mass is 10.0. The molecule has 0 saturated carbocycles. The zero-order valence-corrected chi connectivity index (χ0v) is 19.5. The van der Waals surface area contributed by atoms with E-state index in [2.05, 4.69) is 15.0 Å². The maximum absolute atomic E-state index is 14.2. The maximum atomic E-state index is 14.2. The highest BCUT2D eigenvalue weighted by Crippen LogP contribution is 2.33. The third-order valence-electron chi connectivity index (χ3n) is 6.44. The summed E-state index contributed by atoms with van der Waals surface area (Å²) in [5.74, 6) is -0.0245. The van der Waals surface area contributed by atoms with Gasteiger partial charge < -0.3 is 9.80 Å². The number of carbonyl (C=O) groups excluding carboxylic acids is 1. The molecule has 0 aliphatic carbocycles. The molecule has 10 heteroatoms. The first kappa shape index (κ1) is 24.6. The van der Waals surface area contributed by atoms with E-state index in [4.69, 9.17) is 0 Å². The fourth-order valence-corrected chi connectivity index (χ4v) is 4.49. The fraction of sp³-hybridized carbons (Fsp3) is 0.360. The molecule has 1 aliphatic heterocycles. The first-order valence-electron chi connectivity index (χ1n) is 11.2. The summed E-state index contributed by atoms with van der Waals surface area (Å²) in [5.41, 5.74) is -0.228. The molecule has 184 valence electrons. The summed E-state index contributed by atoms with van der Waals surface area (Å²) in [6, 6.07) is 7.39. The lowest BCUT2D eigenvalue weighted by Gasteiger charge is -2.36. The molecule has 0 radical (unpaired) electrons. The summed E-state index contributed by atoms with van der Waals surface area (Å²) in [5, 5.41) is 0. The SMILES string of the molecule is CC1CC(C(C)N(C)c2ccc(C(F)(F)F)cn2)N(C(=O)c2cc(F)ccc2-c2ncccn2)C1. The van der Waals surface area contributed by atoms with E-state index in [1.54, 1.807) is 35.3 Å². The van der Waals surface area contributed by atoms with Crippen LogP contribution in [-0.4, -0.2) is 51.4 Å². The first-order valence-corrected chi connectivity index (χ1v) is 11.2. The van der Waals surface area contributed by atoms with Crippen LogP contribution in [0.2, 0.25) is 0 Å². The Labute approximate surface area is 200 Å². The lowest BCUT2D eigenvalue weighted by Crippen LogP contribution is -2.48. The van der Waals surface area contributed by atoms with Crippen LogP contribution in [0.3, 0.4) is 0 Å². The Morgan fingerprint density at radius 2 is 1.86 bits per heavy atom. The number of halogens is 4. The summed E-state index contributed by atoms with van der Waals surface area (Å²) in [6.45, 7) is 4.39. The van der Waals surface area contributed by atoms with Crippen LogP contribution in [0, 0.1) is 11.7 Å². The number of hydrogen-bond donors (Lipinski definition) is 0. The molecule has 1 amide bonds. The molecular weight excluding hydrogens is 462 g/mol. The topological polar surface area (TPSA) is 62.2 Å². The molecule has 0 N–H and O–H groups in total. The van der Waals surface area contributed by atoms with Gasteiger partial charge in [-0.1, -0.05) is 6.92 Å². The van der Waals surface area contributed by atoms with E-state index in [0.29, 0.717) is 30.2 Å². The van der Waals surface area contributed by atoms with Gasteiger partial charge in [0.1, 0.15) is 11.6 Å². The number of pyridine rings is 1. The quantitative estimate of drug-likeness (QED) is 0.470. The molecule has 3 heterocycles. The number of nitrogens with zero attached hydrogens (tertiary/aromatic N) is 5. The zero-order valence-electron chi connectivity index (χ0n) is 19.5. The van der Waals surface area contributed by atoms with Gasteiger partial charge in [-0.2, -0.15) is 13.2 Å². The molecular formula is C25H25F4N5O. The van der Waals surface area contributed by atoms with Crippen molar-refractivity contribution in [3.63, 3.8) is 0 Å². The average Bonchev–Trinajstić information content (AvgIpc) is 3.24. The third-order valence-corrected chi connectivity index (χ3v) is 6.44. The van der Waals surface area contributed by atoms with E-state index >= 15 is 0 Å². The number of carbonyl (C=O) groups is 1. The van der Waals surface area contributed by atoms with Gasteiger partial charge in [0.2, 0.25) is 0 Å². The van der Waals surface area contributed by atoms with E-state index in [-0.39, 0.29) is 29.5 Å². The van der Waals surface area contributed by atoms with E-state index in [9.17, 15) is 22.4 Å². The maximum Gasteiger partial charge on any atom is 0.417 e. The van der Waals surface area contributed by atoms with Gasteiger partial charge in [0.25, 0.3) is 5.91 Å². The lowest BCUT2D eigenvalue weighted by molar-refractivity contribution is -0.137. The predicted molar refractivity (Wildman–Crippen MR) is 123 cm³/mol. The number of amides is 1. The van der Waals surface area contributed by atoms with Crippen molar-refractivity contribution in [2.24, 2.45) is 5.92 Å². The van der Waals surface area contributed by atoms with Crippen LogP contribution < -0.4 is 4.90 Å². The fourth-order valence-electron chi connectivity index (χ4n) is 4.49. The molecule has 6 nitrogen and oxygen atoms in total. The number of likely N-dealkylation sites (N-methyl/N-ethyl adjacent to an activating group) is 1. The van der Waals surface area contributed by atoms with E-state index in [1.165, 1.54) is 24.3 Å². The third kappa shape index (κ3) is 5.11. The number of likely N-dealkylation sites (tertiary alicyclic amines) is 1. The van der Waals surface area contributed by atoms with Crippen molar-refractivity contribution in [3.8, 4) is 11.4 Å². The summed E-state index contributed by atoms with van der Waals surface area (Å²) in [7, 11) is 1.73. The van der Waals surface area contributed by atoms with Crippen LogP contribution in [0.25, 0.3) is 11.4 Å². The van der Waals surface area contributed by atoms with E-state index < -0.39 is 17.6 Å². The van der Waals surface area contributed by atoms with Gasteiger partial charge in [-0.25, -0.2) is 19.3 Å². The van der Waals surface area contributed by atoms with Crippen LogP contribution >= 0.6 is 0 Å². The van der Waals surface area contributed by atoms with Crippen molar-refractivity contribution < 1.29 is 22.4 Å². The largest absolute Gasteiger partial charge is 0.417 e. The summed E-state index contributed by atoms with van der Waals surface area (Å²) in [4.78, 5) is 29.6. The minimum atomic E-state index is -4.47. The Morgan fingerprint density at radius 3 is 2.49 bits per heavy atom. The van der Waals surface area contributed by atoms with Crippen LogP contribution in [0.1, 0.15) is 36.2 Å². The molecule has 1 fully saturated rings. The minimum Gasteiger partial charge on any atom is -0.355 e. The number of rotatable bonds is 5. The first-order chi connectivity index (χ1) is 16.6. The number of benzene rings is 1. The van der Waals surface area contributed by atoms with E-state index in [0.717, 1.165) is 12.3 Å². The molecule has 3 unspecified atom stereocenters. The molecule has 1 aromatic carbocycles. The van der Waals surface area contributed by atoms with Gasteiger partial charge >= 0.3 is 6.18 Å². The molecule has 1 saturated heterocycles. The van der Waals surface area contributed by atoms with Crippen molar-refractivity contribution in [1.29, 1.82) is 0 Å². The molecule has 0 spiro atoms. The molecule has 35 heavy (non-hydrogen) atoms. The second-order valence-electron chi connectivity index (χ2n) is 8.88. The van der Waals surface area contributed by atoms with Crippen molar-refractivity contribution in [3.05, 3.63) is 71.9 Å². The van der Waals surface area contributed by atoms with E-state index in [1.807, 2.05) is 13.8 Å². The van der Waals surface area contributed by atoms with Gasteiger partial charge in [-0.05, 0) is 55.7 Å². The van der Waals surface area contributed by atoms with Gasteiger partial charge in [0.05, 0.1) is 17.2 Å². The second-order valence-corrected chi connectivity index (χ2v) is 8.88. The van der Waals surface area contributed by atoms with Crippen LogP contribution in [0.4, 0.5) is 23.4 Å². The highest BCUT2D eigenvalue weighted by Gasteiger charge is 2.39. The monoisotopic (exact) mass is 487 g/mol. The Hall–Kier alpha value is -3.56. The number of alkyl halides is 3. The molecule has 2 aromatic heterocycles. The molecule has 3 aromatic rings. The van der Waals surface area contributed by atoms with Gasteiger partial charge in [-0.3, -0.25) is 4.79 Å². The highest BCUT2D eigenvalue weighted by atomic mass is 19.4. The number of hydrogen-bond acceptors (Lipinski definition) is 5. The van der Waals surface area contributed by atoms with Gasteiger partial charge in [-0.15, -0.1) is 0 Å². The van der Waals surface area contributed by atoms with Gasteiger partial charge in [0, 0.05) is 43.8 Å².